The quantitative estimate of drug-likeness (QED) is 0.305. The summed E-state index contributed by atoms with van der Waals surface area (Å²) in [5.41, 5.74) is 1.48. The summed E-state index contributed by atoms with van der Waals surface area (Å²) >= 11 is 1.51. The molecule has 3 aromatic rings. The van der Waals surface area contributed by atoms with Crippen molar-refractivity contribution in [3.63, 3.8) is 0 Å². The first-order valence-electron chi connectivity index (χ1n) is 9.23. The summed E-state index contributed by atoms with van der Waals surface area (Å²) in [7, 11) is 0. The number of carbonyl (C=O) groups is 1. The van der Waals surface area contributed by atoms with Gasteiger partial charge in [-0.15, -0.1) is 17.0 Å². The van der Waals surface area contributed by atoms with Crippen LogP contribution in [0.3, 0.4) is 0 Å². The molecule has 0 saturated carbocycles. The molecule has 0 amide bonds. The first-order valence-corrected chi connectivity index (χ1v) is 10.0. The lowest BCUT2D eigenvalue weighted by Gasteiger charge is -2.06. The van der Waals surface area contributed by atoms with Gasteiger partial charge >= 0.3 is 0 Å². The van der Waals surface area contributed by atoms with Gasteiger partial charge in [-0.05, 0) is 49.7 Å². The molecule has 0 saturated heterocycles. The summed E-state index contributed by atoms with van der Waals surface area (Å²) in [6.45, 7) is 5.56. The molecule has 28 heavy (non-hydrogen) atoms. The molecule has 0 aliphatic rings. The Morgan fingerprint density at radius 2 is 1.89 bits per heavy atom. The van der Waals surface area contributed by atoms with Crippen LogP contribution in [0.2, 0.25) is 0 Å². The average molecular weight is 465 g/mol. The molecular formula is C21H25BrN2O3S. The molecule has 7 heteroatoms. The second kappa shape index (κ2) is 11.0. The van der Waals surface area contributed by atoms with Gasteiger partial charge in [-0.3, -0.25) is 4.79 Å². The van der Waals surface area contributed by atoms with Crippen LogP contribution < -0.4 is 14.8 Å². The zero-order valence-electron chi connectivity index (χ0n) is 16.1. The second-order valence-corrected chi connectivity index (χ2v) is 7.09. The number of nitrogens with zero attached hydrogens (tertiary/aromatic N) is 1. The molecule has 0 aliphatic heterocycles. The van der Waals surface area contributed by atoms with Crippen molar-refractivity contribution in [3.8, 4) is 11.5 Å². The highest BCUT2D eigenvalue weighted by atomic mass is 79.9. The van der Waals surface area contributed by atoms with E-state index in [2.05, 4.69) is 17.2 Å². The number of halogens is 1. The molecule has 1 N–H and O–H groups in total. The van der Waals surface area contributed by atoms with E-state index in [4.69, 9.17) is 9.47 Å². The summed E-state index contributed by atoms with van der Waals surface area (Å²) in [6, 6.07) is 13.1. The molecule has 1 aromatic heterocycles. The molecule has 0 atom stereocenters. The lowest BCUT2D eigenvalue weighted by Crippen LogP contribution is -2.13. The van der Waals surface area contributed by atoms with Crippen molar-refractivity contribution in [1.82, 2.24) is 4.98 Å². The van der Waals surface area contributed by atoms with Crippen LogP contribution in [-0.4, -0.2) is 30.5 Å². The molecule has 2 aromatic carbocycles. The third-order valence-electron chi connectivity index (χ3n) is 4.02. The van der Waals surface area contributed by atoms with Gasteiger partial charge in [-0.25, -0.2) is 4.98 Å². The maximum absolute atomic E-state index is 12.4. The van der Waals surface area contributed by atoms with E-state index in [9.17, 15) is 4.79 Å². The van der Waals surface area contributed by atoms with Gasteiger partial charge in [0.1, 0.15) is 17.0 Å². The third kappa shape index (κ3) is 5.69. The van der Waals surface area contributed by atoms with Gasteiger partial charge in [-0.1, -0.05) is 30.7 Å². The third-order valence-corrected chi connectivity index (χ3v) is 5.00. The number of anilines is 1. The molecule has 0 bridgehead atoms. The number of Topliss-reactive ketones (excluding diaryl/α,β-unsaturated/α-hetero) is 1. The maximum atomic E-state index is 12.4. The Hall–Kier alpha value is -2.12. The topological polar surface area (TPSA) is 60.5 Å². The van der Waals surface area contributed by atoms with E-state index >= 15 is 0 Å². The fraction of sp³-hybridized carbons (Fsp3) is 0.333. The summed E-state index contributed by atoms with van der Waals surface area (Å²) in [4.78, 5) is 17.0. The van der Waals surface area contributed by atoms with Gasteiger partial charge in [0, 0.05) is 5.56 Å². The highest BCUT2D eigenvalue weighted by Gasteiger charge is 2.11. The van der Waals surface area contributed by atoms with Crippen LogP contribution in [0.5, 0.6) is 11.5 Å². The van der Waals surface area contributed by atoms with Crippen molar-refractivity contribution >= 4 is 49.4 Å². The standard InChI is InChI=1S/C21H24N2O3S.BrH/c1-3-5-13-26-16-11-9-15(10-12-16)17(24)14-22-21-23-20-18(25-4-2)7-6-8-19(20)27-21;/h6-12H,3-5,13-14H2,1-2H3,(H,22,23);1H. The number of carbonyl (C=O) groups excluding carboxylic acids is 1. The Morgan fingerprint density at radius 3 is 2.61 bits per heavy atom. The van der Waals surface area contributed by atoms with Crippen molar-refractivity contribution in [1.29, 1.82) is 0 Å². The van der Waals surface area contributed by atoms with E-state index in [0.29, 0.717) is 23.9 Å². The minimum Gasteiger partial charge on any atom is -0.494 e. The molecule has 0 radical (unpaired) electrons. The number of aromatic nitrogens is 1. The first kappa shape index (κ1) is 22.2. The van der Waals surface area contributed by atoms with Gasteiger partial charge in [0.2, 0.25) is 0 Å². The Morgan fingerprint density at radius 1 is 1.11 bits per heavy atom. The van der Waals surface area contributed by atoms with Crippen LogP contribution in [-0.2, 0) is 0 Å². The molecule has 1 heterocycles. The van der Waals surface area contributed by atoms with Crippen LogP contribution in [0.4, 0.5) is 5.13 Å². The number of ether oxygens (including phenoxy) is 2. The maximum Gasteiger partial charge on any atom is 0.184 e. The average Bonchev–Trinajstić information content (AvgIpc) is 3.11. The molecule has 5 nitrogen and oxygen atoms in total. The Bertz CT molecular complexity index is 896. The molecule has 3 rings (SSSR count). The van der Waals surface area contributed by atoms with Crippen molar-refractivity contribution in [2.45, 2.75) is 26.7 Å². The summed E-state index contributed by atoms with van der Waals surface area (Å²) < 4.78 is 12.3. The van der Waals surface area contributed by atoms with E-state index in [-0.39, 0.29) is 29.3 Å². The molecule has 0 unspecified atom stereocenters. The van der Waals surface area contributed by atoms with E-state index in [1.54, 1.807) is 12.1 Å². The number of hydrogen-bond donors (Lipinski definition) is 1. The SMILES string of the molecule is Br.CCCCOc1ccc(C(=O)CNc2nc3c(OCC)cccc3s2)cc1. The molecular weight excluding hydrogens is 440 g/mol. The van der Waals surface area contributed by atoms with Crippen LogP contribution in [0.1, 0.15) is 37.0 Å². The van der Waals surface area contributed by atoms with E-state index in [0.717, 1.165) is 34.6 Å². The Kier molecular flexibility index (Phi) is 8.73. The minimum absolute atomic E-state index is 0. The molecule has 0 aliphatic carbocycles. The van der Waals surface area contributed by atoms with Gasteiger partial charge in [0.25, 0.3) is 0 Å². The minimum atomic E-state index is 0. The molecule has 0 spiro atoms. The zero-order chi connectivity index (χ0) is 19.1. The number of fused-ring (bicyclic) bond motifs is 1. The predicted octanol–water partition coefficient (Wildman–Crippen LogP) is 5.75. The lowest BCUT2D eigenvalue weighted by atomic mass is 10.1. The Balaban J connectivity index is 0.00000280. The zero-order valence-corrected chi connectivity index (χ0v) is 18.6. The van der Waals surface area contributed by atoms with E-state index in [1.165, 1.54) is 11.3 Å². The summed E-state index contributed by atoms with van der Waals surface area (Å²) in [5.74, 6) is 1.58. The molecule has 0 fully saturated rings. The summed E-state index contributed by atoms with van der Waals surface area (Å²) in [5, 5.41) is 3.84. The van der Waals surface area contributed by atoms with Crippen LogP contribution in [0.25, 0.3) is 10.2 Å². The van der Waals surface area contributed by atoms with E-state index in [1.807, 2.05) is 37.3 Å². The van der Waals surface area contributed by atoms with Crippen LogP contribution in [0.15, 0.2) is 42.5 Å². The fourth-order valence-electron chi connectivity index (χ4n) is 2.60. The van der Waals surface area contributed by atoms with Crippen molar-refractivity contribution < 1.29 is 14.3 Å². The van der Waals surface area contributed by atoms with Gasteiger partial charge in [-0.2, -0.15) is 0 Å². The van der Waals surface area contributed by atoms with Crippen LogP contribution >= 0.6 is 28.3 Å². The number of unbranched alkanes of at least 4 members (excludes halogenated alkanes) is 1. The first-order chi connectivity index (χ1) is 13.2. The summed E-state index contributed by atoms with van der Waals surface area (Å²) in [6.07, 6.45) is 2.12. The van der Waals surface area contributed by atoms with E-state index < -0.39 is 0 Å². The highest BCUT2D eigenvalue weighted by Crippen LogP contribution is 2.32. The fourth-order valence-corrected chi connectivity index (χ4v) is 3.48. The predicted molar refractivity (Wildman–Crippen MR) is 121 cm³/mol. The lowest BCUT2D eigenvalue weighted by molar-refractivity contribution is 0.101. The number of nitrogens with one attached hydrogen (secondary N) is 1. The second-order valence-electron chi connectivity index (χ2n) is 6.06. The van der Waals surface area contributed by atoms with Gasteiger partial charge in [0.15, 0.2) is 10.9 Å². The number of ketones is 1. The smallest absolute Gasteiger partial charge is 0.184 e. The largest absolute Gasteiger partial charge is 0.494 e. The normalized spacial score (nSPS) is 10.4. The van der Waals surface area contributed by atoms with Crippen molar-refractivity contribution in [3.05, 3.63) is 48.0 Å². The van der Waals surface area contributed by atoms with Crippen molar-refractivity contribution in [2.75, 3.05) is 25.1 Å². The Labute approximate surface area is 179 Å². The monoisotopic (exact) mass is 464 g/mol. The van der Waals surface area contributed by atoms with Crippen molar-refractivity contribution in [2.24, 2.45) is 0 Å². The number of rotatable bonds is 10. The highest BCUT2D eigenvalue weighted by molar-refractivity contribution is 8.93. The number of benzene rings is 2. The molecule has 150 valence electrons. The van der Waals surface area contributed by atoms with Gasteiger partial charge in [0.05, 0.1) is 24.5 Å². The number of thiazole rings is 1. The van der Waals surface area contributed by atoms with Crippen LogP contribution in [0, 0.1) is 0 Å². The number of hydrogen-bond acceptors (Lipinski definition) is 6. The van der Waals surface area contributed by atoms with Gasteiger partial charge < -0.3 is 14.8 Å². The number of para-hydroxylation sites is 1.